The van der Waals surface area contributed by atoms with Gasteiger partial charge in [-0.25, -0.2) is 8.42 Å². The van der Waals surface area contributed by atoms with Crippen LogP contribution in [-0.4, -0.2) is 36.3 Å². The van der Waals surface area contributed by atoms with Crippen LogP contribution in [0.1, 0.15) is 43.0 Å². The summed E-state index contributed by atoms with van der Waals surface area (Å²) in [6.07, 6.45) is 3.84. The van der Waals surface area contributed by atoms with Gasteiger partial charge in [-0.05, 0) is 56.2 Å². The molecule has 0 atom stereocenters. The highest BCUT2D eigenvalue weighted by Gasteiger charge is 2.25. The van der Waals surface area contributed by atoms with Crippen LogP contribution in [0.5, 0.6) is 0 Å². The summed E-state index contributed by atoms with van der Waals surface area (Å²) in [6.45, 7) is 3.58. The Bertz CT molecular complexity index is 1320. The van der Waals surface area contributed by atoms with Crippen LogP contribution in [0.2, 0.25) is 10.0 Å². The maximum absolute atomic E-state index is 12.9. The van der Waals surface area contributed by atoms with Gasteiger partial charge in [-0.2, -0.15) is 9.30 Å². The van der Waals surface area contributed by atoms with E-state index in [1.807, 2.05) is 17.6 Å². The summed E-state index contributed by atoms with van der Waals surface area (Å²) in [5.74, 6) is -0.445. The number of fused-ring (bicyclic) bond motifs is 1. The van der Waals surface area contributed by atoms with E-state index in [4.69, 9.17) is 23.2 Å². The minimum Gasteiger partial charge on any atom is -0.315 e. The van der Waals surface area contributed by atoms with Crippen molar-refractivity contribution in [3.8, 4) is 0 Å². The topological polar surface area (TPSA) is 71.7 Å². The van der Waals surface area contributed by atoms with Gasteiger partial charge in [0.1, 0.15) is 0 Å². The van der Waals surface area contributed by atoms with Crippen molar-refractivity contribution >= 4 is 60.7 Å². The van der Waals surface area contributed by atoms with Gasteiger partial charge >= 0.3 is 0 Å². The smallest absolute Gasteiger partial charge is 0.279 e. The van der Waals surface area contributed by atoms with E-state index in [0.717, 1.165) is 35.9 Å². The zero-order valence-electron chi connectivity index (χ0n) is 17.6. The number of amides is 1. The van der Waals surface area contributed by atoms with Crippen molar-refractivity contribution in [3.63, 3.8) is 0 Å². The summed E-state index contributed by atoms with van der Waals surface area (Å²) < 4.78 is 30.2. The highest BCUT2D eigenvalue weighted by molar-refractivity contribution is 7.89. The Hall–Kier alpha value is -1.71. The Balaban J connectivity index is 1.65. The molecule has 0 spiro atoms. The Morgan fingerprint density at radius 1 is 1.03 bits per heavy atom. The number of hydrogen-bond acceptors (Lipinski definition) is 4. The van der Waals surface area contributed by atoms with E-state index in [0.29, 0.717) is 40.0 Å². The minimum atomic E-state index is -3.56. The first-order valence-corrected chi connectivity index (χ1v) is 13.5. The van der Waals surface area contributed by atoms with E-state index in [1.54, 1.807) is 6.07 Å². The fourth-order valence-electron chi connectivity index (χ4n) is 3.83. The number of rotatable bonds is 4. The van der Waals surface area contributed by atoms with Gasteiger partial charge in [-0.3, -0.25) is 4.79 Å². The summed E-state index contributed by atoms with van der Waals surface area (Å²) in [4.78, 5) is 17.8. The number of aryl methyl sites for hydroxylation is 1. The van der Waals surface area contributed by atoms with E-state index < -0.39 is 15.9 Å². The van der Waals surface area contributed by atoms with Gasteiger partial charge in [0.2, 0.25) is 10.0 Å². The summed E-state index contributed by atoms with van der Waals surface area (Å²) in [6, 6.07) is 9.58. The Morgan fingerprint density at radius 2 is 1.69 bits per heavy atom. The molecule has 0 aliphatic carbocycles. The predicted octanol–water partition coefficient (Wildman–Crippen LogP) is 5.34. The fraction of sp³-hybridized carbons (Fsp3) is 0.364. The molecule has 0 bridgehead atoms. The first kappa shape index (κ1) is 23.4. The van der Waals surface area contributed by atoms with E-state index in [9.17, 15) is 13.2 Å². The van der Waals surface area contributed by atoms with Crippen LogP contribution in [0.15, 0.2) is 46.3 Å². The molecule has 170 valence electrons. The van der Waals surface area contributed by atoms with Crippen molar-refractivity contribution in [1.29, 1.82) is 0 Å². The summed E-state index contributed by atoms with van der Waals surface area (Å²) in [5, 5.41) is 0.873. The van der Waals surface area contributed by atoms with E-state index >= 15 is 0 Å². The molecule has 0 N–H and O–H groups in total. The number of aromatic nitrogens is 1. The number of halogens is 2. The molecule has 6 nitrogen and oxygen atoms in total. The minimum absolute atomic E-state index is 0.197. The average molecular weight is 512 g/mol. The van der Waals surface area contributed by atoms with Crippen molar-refractivity contribution in [2.75, 3.05) is 13.1 Å². The van der Waals surface area contributed by atoms with Gasteiger partial charge in [-0.1, -0.05) is 47.4 Å². The quantitative estimate of drug-likeness (QED) is 0.474. The van der Waals surface area contributed by atoms with Crippen LogP contribution in [-0.2, 0) is 16.6 Å². The van der Waals surface area contributed by atoms with Crippen LogP contribution in [0, 0.1) is 0 Å². The molecule has 1 saturated heterocycles. The lowest BCUT2D eigenvalue weighted by atomic mass is 10.2. The average Bonchev–Trinajstić information content (AvgIpc) is 2.94. The second kappa shape index (κ2) is 9.65. The van der Waals surface area contributed by atoms with Gasteiger partial charge in [-0.15, -0.1) is 0 Å². The highest BCUT2D eigenvalue weighted by atomic mass is 35.5. The molecule has 0 saturated carbocycles. The number of thiazole rings is 1. The summed E-state index contributed by atoms with van der Waals surface area (Å²) in [5.41, 5.74) is 1.07. The van der Waals surface area contributed by atoms with E-state index in [2.05, 4.69) is 4.99 Å². The van der Waals surface area contributed by atoms with Crippen molar-refractivity contribution in [1.82, 2.24) is 8.87 Å². The number of sulfonamides is 1. The van der Waals surface area contributed by atoms with Crippen molar-refractivity contribution in [2.24, 2.45) is 4.99 Å². The molecule has 32 heavy (non-hydrogen) atoms. The van der Waals surface area contributed by atoms with Crippen molar-refractivity contribution < 1.29 is 13.2 Å². The maximum Gasteiger partial charge on any atom is 0.279 e. The predicted molar refractivity (Wildman–Crippen MR) is 129 cm³/mol. The number of hydrogen-bond donors (Lipinski definition) is 0. The molecule has 0 unspecified atom stereocenters. The van der Waals surface area contributed by atoms with E-state index in [1.165, 1.54) is 39.9 Å². The van der Waals surface area contributed by atoms with Crippen molar-refractivity contribution in [2.45, 2.75) is 44.0 Å². The van der Waals surface area contributed by atoms with Gasteiger partial charge in [0.15, 0.2) is 4.80 Å². The van der Waals surface area contributed by atoms with Crippen LogP contribution < -0.4 is 4.80 Å². The van der Waals surface area contributed by atoms with Gasteiger partial charge in [0.05, 0.1) is 25.2 Å². The third-order valence-corrected chi connectivity index (χ3v) is 9.30. The van der Waals surface area contributed by atoms with Gasteiger partial charge < -0.3 is 4.57 Å². The van der Waals surface area contributed by atoms with Crippen molar-refractivity contribution in [3.05, 3.63) is 56.8 Å². The Kier molecular flexibility index (Phi) is 7.07. The molecular weight excluding hydrogens is 489 g/mol. The monoisotopic (exact) mass is 511 g/mol. The second-order valence-corrected chi connectivity index (χ2v) is 11.3. The van der Waals surface area contributed by atoms with Crippen LogP contribution >= 0.6 is 34.5 Å². The molecule has 10 heteroatoms. The lowest BCUT2D eigenvalue weighted by Crippen LogP contribution is -2.31. The zero-order chi connectivity index (χ0) is 22.9. The molecule has 2 aromatic carbocycles. The molecule has 1 amide bonds. The molecular formula is C22H23Cl2N3O3S2. The Labute approximate surface area is 201 Å². The normalized spacial score (nSPS) is 16.4. The summed E-state index contributed by atoms with van der Waals surface area (Å²) in [7, 11) is -3.56. The molecule has 3 aromatic rings. The molecule has 1 aliphatic heterocycles. The molecule has 0 radical (unpaired) electrons. The molecule has 1 aliphatic rings. The number of carbonyl (C=O) groups excluding carboxylic acids is 1. The third kappa shape index (κ3) is 4.52. The van der Waals surface area contributed by atoms with Gasteiger partial charge in [0, 0.05) is 25.2 Å². The number of benzene rings is 2. The summed E-state index contributed by atoms with van der Waals surface area (Å²) >= 11 is 13.9. The van der Waals surface area contributed by atoms with E-state index in [-0.39, 0.29) is 4.90 Å². The lowest BCUT2D eigenvalue weighted by Gasteiger charge is -2.19. The molecule has 2 heterocycles. The van der Waals surface area contributed by atoms with Crippen LogP contribution in [0.4, 0.5) is 0 Å². The van der Waals surface area contributed by atoms with Crippen LogP contribution in [0.25, 0.3) is 10.2 Å². The highest BCUT2D eigenvalue weighted by Crippen LogP contribution is 2.32. The largest absolute Gasteiger partial charge is 0.315 e. The Morgan fingerprint density at radius 3 is 2.31 bits per heavy atom. The SMILES string of the molecule is CCn1c(=NC(=O)c2ccc(S(=O)(=O)N3CCCCCC3)cc2)sc2ccc(Cl)c(Cl)c21. The number of nitrogens with zero attached hydrogens (tertiary/aromatic N) is 3. The standard InChI is InChI=1S/C22H23Cl2N3O3S2/c1-2-27-20-18(12-11-17(23)19(20)24)31-22(27)25-21(28)15-7-9-16(10-8-15)32(29,30)26-13-5-3-4-6-14-26/h7-12H,2-6,13-14H2,1H3. The maximum atomic E-state index is 12.9. The number of carbonyl (C=O) groups is 1. The molecule has 4 rings (SSSR count). The molecule has 1 fully saturated rings. The first-order valence-electron chi connectivity index (χ1n) is 10.5. The third-order valence-electron chi connectivity index (χ3n) is 5.55. The second-order valence-electron chi connectivity index (χ2n) is 7.60. The first-order chi connectivity index (χ1) is 15.3. The molecule has 1 aromatic heterocycles. The van der Waals surface area contributed by atoms with Crippen LogP contribution in [0.3, 0.4) is 0 Å². The zero-order valence-corrected chi connectivity index (χ0v) is 20.7. The van der Waals surface area contributed by atoms with Gasteiger partial charge in [0.25, 0.3) is 5.91 Å². The fourth-order valence-corrected chi connectivity index (χ4v) is 6.93. The lowest BCUT2D eigenvalue weighted by molar-refractivity contribution is 0.0997.